The van der Waals surface area contributed by atoms with E-state index in [1.54, 1.807) is 6.20 Å². The lowest BCUT2D eigenvalue weighted by Gasteiger charge is -2.02. The number of benzene rings is 1. The molecule has 122 valence electrons. The average molecular weight is 311 g/mol. The van der Waals surface area contributed by atoms with Crippen LogP contribution in [-0.4, -0.2) is 10.8 Å². The van der Waals surface area contributed by atoms with Gasteiger partial charge < -0.3 is 0 Å². The number of nitrogens with zero attached hydrogens (tertiary/aromatic N) is 2. The van der Waals surface area contributed by atoms with Gasteiger partial charge in [0.05, 0.1) is 6.20 Å². The molecule has 0 aliphatic heterocycles. The summed E-state index contributed by atoms with van der Waals surface area (Å²) in [5.74, 6) is 0.132. The third-order valence-electron chi connectivity index (χ3n) is 4.02. The van der Waals surface area contributed by atoms with Crippen molar-refractivity contribution in [3.05, 3.63) is 60.2 Å². The van der Waals surface area contributed by atoms with Gasteiger partial charge in [-0.05, 0) is 12.8 Å². The number of carbonyl (C=O) groups is 1. The van der Waals surface area contributed by atoms with Crippen LogP contribution in [0.1, 0.15) is 61.5 Å². The second-order valence-corrected chi connectivity index (χ2v) is 6.03. The summed E-state index contributed by atoms with van der Waals surface area (Å²) >= 11 is 0. The number of aromatic nitrogens is 2. The maximum Gasteiger partial charge on any atom is 0.227 e. The quantitative estimate of drug-likeness (QED) is 0.375. The molecule has 0 amide bonds. The summed E-state index contributed by atoms with van der Waals surface area (Å²) in [5.41, 5.74) is 1.83. The van der Waals surface area contributed by atoms with Gasteiger partial charge >= 0.3 is 0 Å². The van der Waals surface area contributed by atoms with Crippen molar-refractivity contribution in [2.75, 3.05) is 0 Å². The van der Waals surface area contributed by atoms with Gasteiger partial charge in [-0.2, -0.15) is 4.57 Å². The topological polar surface area (TPSA) is 33.8 Å². The van der Waals surface area contributed by atoms with Crippen LogP contribution in [0.2, 0.25) is 0 Å². The number of hydrogen-bond acceptors (Lipinski definition) is 2. The SMILES string of the molecule is CCCCCCCCc1c[n+](CC(=O)c2ccccc2)ccn1. The maximum absolute atomic E-state index is 12.2. The molecular formula is C20H27N2O+. The Bertz CT molecular complexity index is 596. The Morgan fingerprint density at radius 2 is 1.78 bits per heavy atom. The van der Waals surface area contributed by atoms with Gasteiger partial charge in [-0.25, -0.2) is 4.98 Å². The van der Waals surface area contributed by atoms with E-state index in [-0.39, 0.29) is 5.78 Å². The molecule has 1 aromatic heterocycles. The molecule has 2 aromatic rings. The predicted molar refractivity (Wildman–Crippen MR) is 92.3 cm³/mol. The molecule has 0 saturated heterocycles. The molecule has 0 saturated carbocycles. The standard InChI is InChI=1S/C20H27N2O/c1-2-3-4-5-6-10-13-19-16-22(15-14-21-19)17-20(23)18-11-8-7-9-12-18/h7-9,11-12,14-16H,2-6,10,13,17H2,1H3/q+1. The normalized spacial score (nSPS) is 10.7. The Labute approximate surface area is 139 Å². The third kappa shape index (κ3) is 6.31. The highest BCUT2D eigenvalue weighted by molar-refractivity contribution is 5.94. The van der Waals surface area contributed by atoms with Crippen LogP contribution in [0.3, 0.4) is 0 Å². The van der Waals surface area contributed by atoms with Crippen LogP contribution < -0.4 is 4.57 Å². The monoisotopic (exact) mass is 311 g/mol. The first-order valence-electron chi connectivity index (χ1n) is 8.72. The summed E-state index contributed by atoms with van der Waals surface area (Å²) in [6.45, 7) is 2.61. The Morgan fingerprint density at radius 1 is 1.04 bits per heavy atom. The summed E-state index contributed by atoms with van der Waals surface area (Å²) in [5, 5.41) is 0. The highest BCUT2D eigenvalue weighted by Gasteiger charge is 2.12. The molecule has 0 aliphatic rings. The smallest absolute Gasteiger partial charge is 0.227 e. The van der Waals surface area contributed by atoms with Crippen LogP contribution in [0.4, 0.5) is 0 Å². The Balaban J connectivity index is 1.81. The van der Waals surface area contributed by atoms with E-state index < -0.39 is 0 Å². The van der Waals surface area contributed by atoms with Crippen LogP contribution in [0.5, 0.6) is 0 Å². The zero-order chi connectivity index (χ0) is 16.3. The third-order valence-corrected chi connectivity index (χ3v) is 4.02. The van der Waals surface area contributed by atoms with Crippen molar-refractivity contribution in [3.63, 3.8) is 0 Å². The largest absolute Gasteiger partial charge is 0.287 e. The first-order chi connectivity index (χ1) is 11.3. The summed E-state index contributed by atoms with van der Waals surface area (Å²) in [4.78, 5) is 16.7. The predicted octanol–water partition coefficient (Wildman–Crippen LogP) is 4.16. The fourth-order valence-electron chi connectivity index (χ4n) is 2.68. The van der Waals surface area contributed by atoms with Gasteiger partial charge in [0, 0.05) is 5.56 Å². The molecular weight excluding hydrogens is 284 g/mol. The van der Waals surface area contributed by atoms with Crippen molar-refractivity contribution < 1.29 is 9.36 Å². The molecule has 1 aromatic carbocycles. The van der Waals surface area contributed by atoms with Crippen LogP contribution in [0, 0.1) is 0 Å². The molecule has 3 nitrogen and oxygen atoms in total. The second-order valence-electron chi connectivity index (χ2n) is 6.03. The molecule has 23 heavy (non-hydrogen) atoms. The number of ketones is 1. The van der Waals surface area contributed by atoms with E-state index in [9.17, 15) is 4.79 Å². The highest BCUT2D eigenvalue weighted by Crippen LogP contribution is 2.07. The minimum absolute atomic E-state index is 0.132. The van der Waals surface area contributed by atoms with Gasteiger partial charge in [-0.15, -0.1) is 0 Å². The molecule has 3 heteroatoms. The van der Waals surface area contributed by atoms with Gasteiger partial charge in [0.2, 0.25) is 12.3 Å². The highest BCUT2D eigenvalue weighted by atomic mass is 16.1. The minimum atomic E-state index is 0.132. The summed E-state index contributed by atoms with van der Waals surface area (Å²) in [6, 6.07) is 9.44. The summed E-state index contributed by atoms with van der Waals surface area (Å²) < 4.78 is 1.94. The number of carbonyl (C=O) groups excluding carboxylic acids is 1. The molecule has 0 unspecified atom stereocenters. The van der Waals surface area contributed by atoms with Crippen molar-refractivity contribution in [1.29, 1.82) is 0 Å². The van der Waals surface area contributed by atoms with Crippen LogP contribution in [0.15, 0.2) is 48.9 Å². The van der Waals surface area contributed by atoms with Crippen molar-refractivity contribution >= 4 is 5.78 Å². The Morgan fingerprint density at radius 3 is 2.57 bits per heavy atom. The lowest BCUT2D eigenvalue weighted by atomic mass is 10.1. The molecule has 0 atom stereocenters. The molecule has 0 N–H and O–H groups in total. The number of unbranched alkanes of at least 4 members (excludes halogenated alkanes) is 5. The second kappa shape index (κ2) is 9.88. The van der Waals surface area contributed by atoms with Gasteiger partial charge in [0.25, 0.3) is 0 Å². The van der Waals surface area contributed by atoms with Crippen molar-refractivity contribution in [3.8, 4) is 0 Å². The van der Waals surface area contributed by atoms with Crippen LogP contribution in [-0.2, 0) is 13.0 Å². The molecule has 0 bridgehead atoms. The zero-order valence-electron chi connectivity index (χ0n) is 14.1. The number of aryl methyl sites for hydroxylation is 1. The number of rotatable bonds is 10. The Kier molecular flexibility index (Phi) is 7.44. The van der Waals surface area contributed by atoms with Crippen LogP contribution in [0.25, 0.3) is 0 Å². The van der Waals surface area contributed by atoms with Gasteiger partial charge in [-0.1, -0.05) is 69.4 Å². The first-order valence-corrected chi connectivity index (χ1v) is 8.72. The van der Waals surface area contributed by atoms with Crippen molar-refractivity contribution in [2.24, 2.45) is 0 Å². The fourth-order valence-corrected chi connectivity index (χ4v) is 2.68. The van der Waals surface area contributed by atoms with E-state index in [4.69, 9.17) is 0 Å². The summed E-state index contributed by atoms with van der Waals surface area (Å²) in [6.07, 6.45) is 14.4. The molecule has 0 fully saturated rings. The van der Waals surface area contributed by atoms with Crippen molar-refractivity contribution in [2.45, 2.75) is 58.4 Å². The van der Waals surface area contributed by atoms with E-state index in [0.29, 0.717) is 6.54 Å². The van der Waals surface area contributed by atoms with Crippen LogP contribution >= 0.6 is 0 Å². The Hall–Kier alpha value is -2.03. The van der Waals surface area contributed by atoms with Gasteiger partial charge in [-0.3, -0.25) is 4.79 Å². The van der Waals surface area contributed by atoms with E-state index in [0.717, 1.165) is 17.7 Å². The molecule has 0 radical (unpaired) electrons. The first kappa shape index (κ1) is 17.3. The fraction of sp³-hybridized carbons (Fsp3) is 0.450. The minimum Gasteiger partial charge on any atom is -0.287 e. The van der Waals surface area contributed by atoms with E-state index in [1.807, 2.05) is 47.3 Å². The average Bonchev–Trinajstić information content (AvgIpc) is 2.59. The lowest BCUT2D eigenvalue weighted by molar-refractivity contribution is -0.684. The summed E-state index contributed by atoms with van der Waals surface area (Å²) in [7, 11) is 0. The number of Topliss-reactive ketones (excluding diaryl/α,β-unsaturated/α-hetero) is 1. The number of hydrogen-bond donors (Lipinski definition) is 0. The van der Waals surface area contributed by atoms with E-state index in [1.165, 1.54) is 38.5 Å². The lowest BCUT2D eigenvalue weighted by Crippen LogP contribution is -2.38. The molecule has 0 spiro atoms. The van der Waals surface area contributed by atoms with E-state index >= 15 is 0 Å². The van der Waals surface area contributed by atoms with Gasteiger partial charge in [0.15, 0.2) is 12.4 Å². The molecule has 2 rings (SSSR count). The van der Waals surface area contributed by atoms with Crippen molar-refractivity contribution in [1.82, 2.24) is 4.98 Å². The zero-order valence-corrected chi connectivity index (χ0v) is 14.1. The molecule has 1 heterocycles. The van der Waals surface area contributed by atoms with Gasteiger partial charge in [0.1, 0.15) is 5.69 Å². The van der Waals surface area contributed by atoms with E-state index in [2.05, 4.69) is 11.9 Å². The molecule has 0 aliphatic carbocycles. The maximum atomic E-state index is 12.2.